The van der Waals surface area contributed by atoms with Gasteiger partial charge in [-0.1, -0.05) is 0 Å². The molecule has 0 saturated heterocycles. The number of hydrogen-bond donors (Lipinski definition) is 3. The largest absolute Gasteiger partial charge is 0.476 e. The Morgan fingerprint density at radius 3 is 2.75 bits per heavy atom. The molecular formula is C11H11N5O4. The number of aromatic carboxylic acids is 1. The van der Waals surface area contributed by atoms with Crippen LogP contribution in [0.3, 0.4) is 0 Å². The van der Waals surface area contributed by atoms with Gasteiger partial charge in [-0.15, -0.1) is 0 Å². The van der Waals surface area contributed by atoms with E-state index in [1.54, 1.807) is 4.57 Å². The molecule has 20 heavy (non-hydrogen) atoms. The van der Waals surface area contributed by atoms with E-state index in [-0.39, 0.29) is 23.5 Å². The SMILES string of the molecule is O=C(O)c1cn(CCNC(=O)c2ccc(=O)[nH]n2)cn1. The van der Waals surface area contributed by atoms with Crippen LogP contribution in [-0.4, -0.2) is 43.3 Å². The second-order valence-electron chi connectivity index (χ2n) is 3.86. The summed E-state index contributed by atoms with van der Waals surface area (Å²) in [7, 11) is 0. The highest BCUT2D eigenvalue weighted by Crippen LogP contribution is 1.95. The van der Waals surface area contributed by atoms with Crippen molar-refractivity contribution in [1.82, 2.24) is 25.1 Å². The van der Waals surface area contributed by atoms with Crippen LogP contribution in [0.4, 0.5) is 0 Å². The van der Waals surface area contributed by atoms with Crippen molar-refractivity contribution < 1.29 is 14.7 Å². The zero-order chi connectivity index (χ0) is 14.5. The summed E-state index contributed by atoms with van der Waals surface area (Å²) in [5.41, 5.74) is -0.346. The number of H-pyrrole nitrogens is 1. The molecule has 0 aliphatic rings. The molecule has 2 heterocycles. The van der Waals surface area contributed by atoms with Crippen LogP contribution in [0.2, 0.25) is 0 Å². The standard InChI is InChI=1S/C11H11N5O4/c17-9-2-1-7(14-15-9)10(18)12-3-4-16-5-8(11(19)20)13-6-16/h1-2,5-6H,3-4H2,(H,12,18)(H,15,17)(H,19,20). The fourth-order valence-electron chi connectivity index (χ4n) is 1.45. The first-order valence-electron chi connectivity index (χ1n) is 5.65. The third-order valence-corrected chi connectivity index (χ3v) is 2.42. The molecule has 0 radical (unpaired) electrons. The molecule has 9 nitrogen and oxygen atoms in total. The van der Waals surface area contributed by atoms with Crippen molar-refractivity contribution in [3.05, 3.63) is 46.4 Å². The van der Waals surface area contributed by atoms with E-state index in [1.165, 1.54) is 24.7 Å². The highest BCUT2D eigenvalue weighted by molar-refractivity contribution is 5.91. The minimum atomic E-state index is -1.11. The number of carboxylic acids is 1. The summed E-state index contributed by atoms with van der Waals surface area (Å²) >= 11 is 0. The van der Waals surface area contributed by atoms with E-state index in [4.69, 9.17) is 5.11 Å². The van der Waals surface area contributed by atoms with Crippen LogP contribution in [0, 0.1) is 0 Å². The Bertz CT molecular complexity index is 670. The van der Waals surface area contributed by atoms with E-state index in [1.807, 2.05) is 0 Å². The molecule has 0 aliphatic carbocycles. The molecule has 0 bridgehead atoms. The zero-order valence-corrected chi connectivity index (χ0v) is 10.2. The van der Waals surface area contributed by atoms with E-state index in [0.717, 1.165) is 0 Å². The topological polar surface area (TPSA) is 130 Å². The minimum absolute atomic E-state index is 0.0568. The van der Waals surface area contributed by atoms with Crippen molar-refractivity contribution in [2.24, 2.45) is 0 Å². The maximum atomic E-state index is 11.6. The van der Waals surface area contributed by atoms with Crippen LogP contribution in [0.15, 0.2) is 29.5 Å². The second kappa shape index (κ2) is 5.78. The van der Waals surface area contributed by atoms with Gasteiger partial charge in [-0.25, -0.2) is 14.9 Å². The molecule has 0 aliphatic heterocycles. The first kappa shape index (κ1) is 13.5. The number of carbonyl (C=O) groups excluding carboxylic acids is 1. The van der Waals surface area contributed by atoms with Crippen LogP contribution in [-0.2, 0) is 6.54 Å². The molecular weight excluding hydrogens is 266 g/mol. The highest BCUT2D eigenvalue weighted by Gasteiger charge is 2.08. The molecule has 3 N–H and O–H groups in total. The second-order valence-corrected chi connectivity index (χ2v) is 3.86. The van der Waals surface area contributed by atoms with Crippen LogP contribution < -0.4 is 10.9 Å². The maximum Gasteiger partial charge on any atom is 0.356 e. The lowest BCUT2D eigenvalue weighted by Crippen LogP contribution is -2.28. The lowest BCUT2D eigenvalue weighted by molar-refractivity contribution is 0.0690. The quantitative estimate of drug-likeness (QED) is 0.649. The van der Waals surface area contributed by atoms with Gasteiger partial charge in [0.1, 0.15) is 5.69 Å². The van der Waals surface area contributed by atoms with E-state index in [0.29, 0.717) is 6.54 Å². The van der Waals surface area contributed by atoms with Gasteiger partial charge < -0.3 is 15.0 Å². The molecule has 0 saturated carbocycles. The number of carbonyl (C=O) groups is 2. The zero-order valence-electron chi connectivity index (χ0n) is 10.2. The van der Waals surface area contributed by atoms with Gasteiger partial charge in [-0.2, -0.15) is 5.10 Å². The third-order valence-electron chi connectivity index (χ3n) is 2.42. The average Bonchev–Trinajstić information content (AvgIpc) is 2.88. The van der Waals surface area contributed by atoms with Crippen molar-refractivity contribution in [3.8, 4) is 0 Å². The van der Waals surface area contributed by atoms with Crippen LogP contribution in [0.5, 0.6) is 0 Å². The van der Waals surface area contributed by atoms with Gasteiger partial charge in [0, 0.05) is 25.4 Å². The first-order chi connectivity index (χ1) is 9.56. The van der Waals surface area contributed by atoms with E-state index in [2.05, 4.69) is 20.5 Å². The molecule has 2 aromatic heterocycles. The van der Waals surface area contributed by atoms with Gasteiger partial charge in [0.15, 0.2) is 5.69 Å². The summed E-state index contributed by atoms with van der Waals surface area (Å²) in [4.78, 5) is 36.7. The lowest BCUT2D eigenvalue weighted by atomic mass is 10.3. The summed E-state index contributed by atoms with van der Waals surface area (Å²) in [6.07, 6.45) is 2.74. The Kier molecular flexibility index (Phi) is 3.89. The van der Waals surface area contributed by atoms with Crippen LogP contribution in [0.25, 0.3) is 0 Å². The van der Waals surface area contributed by atoms with Gasteiger partial charge in [0.2, 0.25) is 0 Å². The van der Waals surface area contributed by atoms with Crippen molar-refractivity contribution >= 4 is 11.9 Å². The Labute approximate surface area is 112 Å². The molecule has 104 valence electrons. The maximum absolute atomic E-state index is 11.6. The average molecular weight is 277 g/mol. The molecule has 0 atom stereocenters. The molecule has 0 unspecified atom stereocenters. The highest BCUT2D eigenvalue weighted by atomic mass is 16.4. The van der Waals surface area contributed by atoms with Crippen LogP contribution in [0.1, 0.15) is 21.0 Å². The number of carboxylic acid groups (broad SMARTS) is 1. The van der Waals surface area contributed by atoms with Gasteiger partial charge in [0.25, 0.3) is 11.5 Å². The van der Waals surface area contributed by atoms with Crippen molar-refractivity contribution in [3.63, 3.8) is 0 Å². The van der Waals surface area contributed by atoms with Crippen LogP contribution >= 0.6 is 0 Å². The molecule has 0 spiro atoms. The van der Waals surface area contributed by atoms with Gasteiger partial charge >= 0.3 is 5.97 Å². The summed E-state index contributed by atoms with van der Waals surface area (Å²) < 4.78 is 1.55. The third kappa shape index (κ3) is 3.28. The van der Waals surface area contributed by atoms with Gasteiger partial charge in [-0.05, 0) is 6.07 Å². The number of nitrogens with one attached hydrogen (secondary N) is 2. The predicted octanol–water partition coefficient (Wildman–Crippen LogP) is -0.905. The van der Waals surface area contributed by atoms with Crippen molar-refractivity contribution in [2.75, 3.05) is 6.54 Å². The number of aromatic nitrogens is 4. The molecule has 2 aromatic rings. The van der Waals surface area contributed by atoms with Gasteiger partial charge in [0.05, 0.1) is 6.33 Å². The number of imidazole rings is 1. The van der Waals surface area contributed by atoms with Gasteiger partial charge in [-0.3, -0.25) is 9.59 Å². The van der Waals surface area contributed by atoms with E-state index < -0.39 is 11.9 Å². The molecule has 2 rings (SSSR count). The molecule has 0 fully saturated rings. The Morgan fingerprint density at radius 1 is 1.35 bits per heavy atom. The number of nitrogens with zero attached hydrogens (tertiary/aromatic N) is 3. The monoisotopic (exact) mass is 277 g/mol. The predicted molar refractivity (Wildman–Crippen MR) is 66.4 cm³/mol. The number of amides is 1. The molecule has 1 amide bonds. The fraction of sp³-hybridized carbons (Fsp3) is 0.182. The number of rotatable bonds is 5. The number of aromatic amines is 1. The normalized spacial score (nSPS) is 10.2. The summed E-state index contributed by atoms with van der Waals surface area (Å²) in [5.74, 6) is -1.54. The summed E-state index contributed by atoms with van der Waals surface area (Å²) in [6, 6.07) is 2.52. The molecule has 9 heteroatoms. The van der Waals surface area contributed by atoms with E-state index in [9.17, 15) is 14.4 Å². The summed E-state index contributed by atoms with van der Waals surface area (Å²) in [5, 5.41) is 17.0. The smallest absolute Gasteiger partial charge is 0.356 e. The Hall–Kier alpha value is -2.97. The molecule has 0 aromatic carbocycles. The van der Waals surface area contributed by atoms with Crippen molar-refractivity contribution in [2.45, 2.75) is 6.54 Å². The number of hydrogen-bond acceptors (Lipinski definition) is 5. The Balaban J connectivity index is 1.86. The first-order valence-corrected chi connectivity index (χ1v) is 5.65. The lowest BCUT2D eigenvalue weighted by Gasteiger charge is -2.04. The van der Waals surface area contributed by atoms with E-state index >= 15 is 0 Å². The Morgan fingerprint density at radius 2 is 2.15 bits per heavy atom. The summed E-state index contributed by atoms with van der Waals surface area (Å²) in [6.45, 7) is 0.643. The van der Waals surface area contributed by atoms with Crippen molar-refractivity contribution in [1.29, 1.82) is 0 Å². The fourth-order valence-corrected chi connectivity index (χ4v) is 1.45. The minimum Gasteiger partial charge on any atom is -0.476 e.